The van der Waals surface area contributed by atoms with Crippen molar-refractivity contribution in [1.82, 2.24) is 19.9 Å². The lowest BCUT2D eigenvalue weighted by Gasteiger charge is -2.48. The quantitative estimate of drug-likeness (QED) is 0.264. The average molecular weight is 807 g/mol. The fraction of sp³-hybridized carbons (Fsp3) is 0.762. The molecule has 2 aliphatic heterocycles. The SMILES string of the molecule is CC[C@H]1OC(=O)[C@H](C)[C@@H](OC)[C@H](C)[C@@H](O[C@@H]2O[C@H](C)C[C@H](N(C)CCCc3cn(Cc4ccc(F)cc4)nn3)[C@H]2O)[C@](C)(OC)C[C@@H](C)C(=O)[C@H](C)[C@@H](O)[C@]1(C)O. The number of hydrogen-bond donors (Lipinski definition) is 3. The van der Waals surface area contributed by atoms with E-state index in [2.05, 4.69) is 15.2 Å². The number of aliphatic hydroxyl groups is 3. The second-order valence-corrected chi connectivity index (χ2v) is 16.9. The number of nitrogens with zero attached hydrogens (tertiary/aromatic N) is 4. The van der Waals surface area contributed by atoms with Crippen LogP contribution in [0, 0.1) is 29.5 Å². The van der Waals surface area contributed by atoms with E-state index in [1.165, 1.54) is 33.3 Å². The molecule has 57 heavy (non-hydrogen) atoms. The van der Waals surface area contributed by atoms with Crippen LogP contribution in [0.25, 0.3) is 0 Å². The van der Waals surface area contributed by atoms with Crippen LogP contribution in [0.4, 0.5) is 4.39 Å². The Morgan fingerprint density at radius 3 is 2.33 bits per heavy atom. The molecule has 14 atom stereocenters. The highest BCUT2D eigenvalue weighted by Crippen LogP contribution is 2.40. The predicted octanol–water partition coefficient (Wildman–Crippen LogP) is 3.95. The third kappa shape index (κ3) is 11.0. The lowest BCUT2D eigenvalue weighted by atomic mass is 9.74. The molecule has 2 aliphatic rings. The van der Waals surface area contributed by atoms with Crippen molar-refractivity contribution < 1.29 is 53.0 Å². The number of ether oxygens (including phenoxy) is 5. The largest absolute Gasteiger partial charge is 0.459 e. The number of aromatic nitrogens is 3. The fourth-order valence-corrected chi connectivity index (χ4v) is 8.90. The number of aliphatic hydroxyl groups excluding tert-OH is 2. The average Bonchev–Trinajstić information content (AvgIpc) is 3.62. The molecule has 0 saturated carbocycles. The number of methoxy groups -OCH3 is 2. The van der Waals surface area contributed by atoms with Crippen molar-refractivity contribution >= 4 is 11.8 Å². The second kappa shape index (κ2) is 19.9. The van der Waals surface area contributed by atoms with Gasteiger partial charge in [-0.2, -0.15) is 0 Å². The van der Waals surface area contributed by atoms with Crippen molar-refractivity contribution in [3.8, 4) is 0 Å². The topological polar surface area (TPSA) is 175 Å². The molecule has 2 fully saturated rings. The summed E-state index contributed by atoms with van der Waals surface area (Å²) in [5, 5.41) is 43.3. The number of hydrogen-bond acceptors (Lipinski definition) is 13. The Labute approximate surface area is 337 Å². The molecule has 14 nitrogen and oxygen atoms in total. The summed E-state index contributed by atoms with van der Waals surface area (Å²) in [7, 11) is 4.97. The lowest BCUT2D eigenvalue weighted by Crippen LogP contribution is -2.60. The molecule has 1 aromatic heterocycles. The lowest BCUT2D eigenvalue weighted by molar-refractivity contribution is -0.302. The third-order valence-electron chi connectivity index (χ3n) is 12.4. The van der Waals surface area contributed by atoms with E-state index >= 15 is 0 Å². The maximum atomic E-state index is 13.9. The second-order valence-electron chi connectivity index (χ2n) is 16.9. The van der Waals surface area contributed by atoms with Crippen LogP contribution in [0.2, 0.25) is 0 Å². The van der Waals surface area contributed by atoms with Gasteiger partial charge in [-0.1, -0.05) is 45.0 Å². The Kier molecular flexibility index (Phi) is 16.3. The third-order valence-corrected chi connectivity index (χ3v) is 12.4. The van der Waals surface area contributed by atoms with Gasteiger partial charge >= 0.3 is 5.97 Å². The number of Topliss-reactive ketones (excluding diaryl/α,β-unsaturated/α-hetero) is 1. The van der Waals surface area contributed by atoms with Crippen molar-refractivity contribution in [3.05, 3.63) is 47.5 Å². The zero-order valence-electron chi connectivity index (χ0n) is 35.6. The van der Waals surface area contributed by atoms with E-state index in [0.717, 1.165) is 17.7 Å². The van der Waals surface area contributed by atoms with Crippen LogP contribution in [0.3, 0.4) is 0 Å². The summed E-state index contributed by atoms with van der Waals surface area (Å²) < 4.78 is 46.2. The number of halogens is 1. The fourth-order valence-electron chi connectivity index (χ4n) is 8.90. The molecule has 0 bridgehead atoms. The number of esters is 1. The molecule has 0 amide bonds. The Hall–Kier alpha value is -2.89. The Morgan fingerprint density at radius 1 is 1.05 bits per heavy atom. The summed E-state index contributed by atoms with van der Waals surface area (Å²) in [6, 6.07) is 5.95. The highest BCUT2D eigenvalue weighted by atomic mass is 19.1. The van der Waals surface area contributed by atoms with E-state index in [9.17, 15) is 29.3 Å². The molecule has 15 heteroatoms. The summed E-state index contributed by atoms with van der Waals surface area (Å²) >= 11 is 0. The van der Waals surface area contributed by atoms with E-state index in [-0.39, 0.29) is 36.6 Å². The number of carbonyl (C=O) groups is 2. The van der Waals surface area contributed by atoms with Gasteiger partial charge in [0.05, 0.1) is 48.2 Å². The number of cyclic esters (lactones) is 1. The molecule has 1 aromatic carbocycles. The van der Waals surface area contributed by atoms with E-state index in [4.69, 9.17) is 23.7 Å². The van der Waals surface area contributed by atoms with Crippen molar-refractivity contribution in [3.63, 3.8) is 0 Å². The highest BCUT2D eigenvalue weighted by Gasteiger charge is 2.52. The van der Waals surface area contributed by atoms with Crippen LogP contribution in [0.1, 0.15) is 92.3 Å². The van der Waals surface area contributed by atoms with Gasteiger partial charge in [-0.05, 0) is 91.1 Å². The van der Waals surface area contributed by atoms with Gasteiger partial charge in [-0.3, -0.25) is 9.59 Å². The van der Waals surface area contributed by atoms with Gasteiger partial charge in [0.1, 0.15) is 29.4 Å². The van der Waals surface area contributed by atoms with Crippen LogP contribution < -0.4 is 0 Å². The van der Waals surface area contributed by atoms with Gasteiger partial charge in [0.2, 0.25) is 0 Å². The number of rotatable bonds is 12. The van der Waals surface area contributed by atoms with Gasteiger partial charge in [0.25, 0.3) is 0 Å². The first-order chi connectivity index (χ1) is 26.8. The van der Waals surface area contributed by atoms with Crippen molar-refractivity contribution in [2.45, 2.75) is 154 Å². The summed E-state index contributed by atoms with van der Waals surface area (Å²) in [6.45, 7) is 14.9. The zero-order valence-corrected chi connectivity index (χ0v) is 35.6. The molecular weight excluding hydrogens is 739 g/mol. The van der Waals surface area contributed by atoms with Gasteiger partial charge in [0, 0.05) is 44.2 Å². The monoisotopic (exact) mass is 806 g/mol. The van der Waals surface area contributed by atoms with E-state index in [1.54, 1.807) is 44.5 Å². The first kappa shape index (κ1) is 46.8. The molecule has 4 rings (SSSR count). The summed E-state index contributed by atoms with van der Waals surface area (Å²) in [5.74, 6) is -4.31. The number of ketones is 1. The van der Waals surface area contributed by atoms with Gasteiger partial charge in [0.15, 0.2) is 6.29 Å². The molecule has 0 aliphatic carbocycles. The maximum absolute atomic E-state index is 13.9. The Balaban J connectivity index is 1.55. The molecule has 0 radical (unpaired) electrons. The molecule has 3 N–H and O–H groups in total. The predicted molar refractivity (Wildman–Crippen MR) is 209 cm³/mol. The Morgan fingerprint density at radius 2 is 1.72 bits per heavy atom. The minimum absolute atomic E-state index is 0.152. The standard InChI is InChI=1S/C42H67FN4O10/c1-12-33-42(8,52)37(50)26(4)34(48)24(2)21-41(7,54-11)38(27(5)36(53-10)28(6)39(51)56-33)57-40-35(49)32(20-25(3)55-40)46(9)19-13-14-31-23-47(45-44-31)22-29-15-17-30(43)18-16-29/h15-18,23-28,32-33,35-38,40,49-50,52H,12-14,19-22H2,1-11H3/t24-,25-,26+,27+,28-,32+,33-,35-,36+,37-,38-,40+,41-,42-/m1/s1. The first-order valence-electron chi connectivity index (χ1n) is 20.3. The van der Waals surface area contributed by atoms with Crippen LogP contribution >= 0.6 is 0 Å². The number of benzene rings is 1. The molecule has 2 aromatic rings. The summed E-state index contributed by atoms with van der Waals surface area (Å²) in [6.07, 6.45) is -2.55. The zero-order chi connectivity index (χ0) is 42.4. The van der Waals surface area contributed by atoms with Crippen LogP contribution in [0.15, 0.2) is 30.5 Å². The van der Waals surface area contributed by atoms with Crippen LogP contribution in [-0.2, 0) is 46.2 Å². The highest BCUT2D eigenvalue weighted by molar-refractivity contribution is 5.83. The van der Waals surface area contributed by atoms with Crippen molar-refractivity contribution in [1.29, 1.82) is 0 Å². The molecule has 2 saturated heterocycles. The normalized spacial score (nSPS) is 37.5. The van der Waals surface area contributed by atoms with Crippen LogP contribution in [-0.4, -0.2) is 135 Å². The molecular formula is C42H67FN4O10. The van der Waals surface area contributed by atoms with Crippen LogP contribution in [0.5, 0.6) is 0 Å². The smallest absolute Gasteiger partial charge is 0.311 e. The first-order valence-corrected chi connectivity index (χ1v) is 20.3. The number of likely N-dealkylation sites (N-methyl/N-ethyl adjacent to an activating group) is 1. The minimum Gasteiger partial charge on any atom is -0.459 e. The molecule has 0 spiro atoms. The van der Waals surface area contributed by atoms with E-state index in [1.807, 2.05) is 34.0 Å². The van der Waals surface area contributed by atoms with Crippen molar-refractivity contribution in [2.75, 3.05) is 27.8 Å². The summed E-state index contributed by atoms with van der Waals surface area (Å²) in [4.78, 5) is 29.7. The van der Waals surface area contributed by atoms with Gasteiger partial charge in [-0.15, -0.1) is 5.10 Å². The molecule has 3 heterocycles. The van der Waals surface area contributed by atoms with E-state index in [0.29, 0.717) is 25.9 Å². The number of aryl methyl sites for hydroxylation is 1. The summed E-state index contributed by atoms with van der Waals surface area (Å²) in [5.41, 5.74) is -1.35. The molecule has 322 valence electrons. The Bertz CT molecular complexity index is 1590. The number of carbonyl (C=O) groups excluding carboxylic acids is 2. The molecule has 0 unspecified atom stereocenters. The minimum atomic E-state index is -1.91. The maximum Gasteiger partial charge on any atom is 0.311 e. The van der Waals surface area contributed by atoms with E-state index < -0.39 is 77.7 Å². The van der Waals surface area contributed by atoms with Crippen molar-refractivity contribution in [2.24, 2.45) is 23.7 Å². The van der Waals surface area contributed by atoms with Gasteiger partial charge < -0.3 is 43.9 Å². The van der Waals surface area contributed by atoms with Gasteiger partial charge in [-0.25, -0.2) is 9.07 Å².